The van der Waals surface area contributed by atoms with E-state index in [0.717, 1.165) is 11.0 Å². The summed E-state index contributed by atoms with van der Waals surface area (Å²) in [4.78, 5) is 11.7. The SMILES string of the molecule is CC(C)c1cccc2[nH]cnc12.CC(C)c1cccc2scnc12. The predicted octanol–water partition coefficient (Wildman–Crippen LogP) is 6.11. The largest absolute Gasteiger partial charge is 0.345 e. The summed E-state index contributed by atoms with van der Waals surface area (Å²) >= 11 is 1.71. The number of nitrogens with one attached hydrogen (secondary N) is 1. The Bertz CT molecular complexity index is 856. The normalized spacial score (nSPS) is 11.2. The number of hydrogen-bond donors (Lipinski definition) is 1. The van der Waals surface area contributed by atoms with Crippen molar-refractivity contribution >= 4 is 32.6 Å². The van der Waals surface area contributed by atoms with Gasteiger partial charge in [0.2, 0.25) is 0 Å². The second-order valence-corrected chi connectivity index (χ2v) is 7.39. The number of aromatic nitrogens is 3. The van der Waals surface area contributed by atoms with E-state index < -0.39 is 0 Å². The number of benzene rings is 2. The van der Waals surface area contributed by atoms with Crippen LogP contribution in [-0.4, -0.2) is 15.0 Å². The third-order valence-electron chi connectivity index (χ3n) is 4.12. The molecule has 2 aromatic carbocycles. The van der Waals surface area contributed by atoms with Crippen LogP contribution in [0.4, 0.5) is 0 Å². The van der Waals surface area contributed by atoms with E-state index in [1.165, 1.54) is 21.3 Å². The monoisotopic (exact) mass is 337 g/mol. The Balaban J connectivity index is 0.000000141. The van der Waals surface area contributed by atoms with Crippen LogP contribution >= 0.6 is 11.3 Å². The van der Waals surface area contributed by atoms with Crippen molar-refractivity contribution in [2.45, 2.75) is 39.5 Å². The van der Waals surface area contributed by atoms with Gasteiger partial charge in [-0.2, -0.15) is 0 Å². The Labute approximate surface area is 146 Å². The Hall–Kier alpha value is -2.20. The van der Waals surface area contributed by atoms with Gasteiger partial charge in [-0.1, -0.05) is 52.0 Å². The predicted molar refractivity (Wildman–Crippen MR) is 104 cm³/mol. The van der Waals surface area contributed by atoms with Crippen LogP contribution in [0.25, 0.3) is 21.3 Å². The standard InChI is InChI=1S/C10H12N2.C10H11NS/c1-7(2)8-4-3-5-9-10(8)12-6-11-9;1-7(2)8-4-3-5-9-10(8)11-6-12-9/h3-7H,1-2H3,(H,11,12);3-7H,1-2H3. The summed E-state index contributed by atoms with van der Waals surface area (Å²) < 4.78 is 1.29. The number of nitrogens with zero attached hydrogens (tertiary/aromatic N) is 2. The minimum Gasteiger partial charge on any atom is -0.345 e. The fraction of sp³-hybridized carbons (Fsp3) is 0.300. The Morgan fingerprint density at radius 1 is 0.833 bits per heavy atom. The maximum Gasteiger partial charge on any atom is 0.0931 e. The maximum atomic E-state index is 4.36. The quantitative estimate of drug-likeness (QED) is 0.480. The van der Waals surface area contributed by atoms with Gasteiger partial charge in [0.05, 0.1) is 33.1 Å². The molecular formula is C20H23N3S. The number of imidazole rings is 1. The van der Waals surface area contributed by atoms with Gasteiger partial charge in [0, 0.05) is 0 Å². The first-order valence-electron chi connectivity index (χ1n) is 8.32. The van der Waals surface area contributed by atoms with Crippen LogP contribution in [0.3, 0.4) is 0 Å². The molecule has 0 saturated heterocycles. The molecule has 0 radical (unpaired) electrons. The second kappa shape index (κ2) is 7.14. The molecule has 0 amide bonds. The van der Waals surface area contributed by atoms with Gasteiger partial charge in [0.15, 0.2) is 0 Å². The summed E-state index contributed by atoms with van der Waals surface area (Å²) in [5, 5.41) is 0. The number of rotatable bonds is 2. The van der Waals surface area contributed by atoms with Crippen molar-refractivity contribution in [3.63, 3.8) is 0 Å². The molecule has 0 saturated carbocycles. The molecule has 1 N–H and O–H groups in total. The molecule has 2 aromatic heterocycles. The van der Waals surface area contributed by atoms with Gasteiger partial charge in [0.1, 0.15) is 0 Å². The molecule has 4 heteroatoms. The van der Waals surface area contributed by atoms with Crippen LogP contribution in [0.15, 0.2) is 48.2 Å². The lowest BCUT2D eigenvalue weighted by Gasteiger charge is -2.04. The van der Waals surface area contributed by atoms with E-state index in [-0.39, 0.29) is 0 Å². The van der Waals surface area contributed by atoms with Gasteiger partial charge in [-0.15, -0.1) is 11.3 Å². The van der Waals surface area contributed by atoms with Gasteiger partial charge in [-0.3, -0.25) is 0 Å². The van der Waals surface area contributed by atoms with Crippen LogP contribution in [0.5, 0.6) is 0 Å². The molecule has 0 aliphatic heterocycles. The zero-order valence-electron chi connectivity index (χ0n) is 14.6. The number of fused-ring (bicyclic) bond motifs is 2. The van der Waals surface area contributed by atoms with E-state index in [0.29, 0.717) is 11.8 Å². The fourth-order valence-corrected chi connectivity index (χ4v) is 3.54. The average molecular weight is 337 g/mol. The van der Waals surface area contributed by atoms with Crippen molar-refractivity contribution in [3.8, 4) is 0 Å². The molecule has 4 rings (SSSR count). The number of hydrogen-bond acceptors (Lipinski definition) is 3. The highest BCUT2D eigenvalue weighted by atomic mass is 32.1. The van der Waals surface area contributed by atoms with Gasteiger partial charge in [-0.05, 0) is 35.1 Å². The minimum atomic E-state index is 0.539. The number of thiazole rings is 1. The number of para-hydroxylation sites is 2. The van der Waals surface area contributed by atoms with Crippen LogP contribution < -0.4 is 0 Å². The van der Waals surface area contributed by atoms with Crippen molar-refractivity contribution < 1.29 is 0 Å². The first kappa shape index (κ1) is 16.7. The smallest absolute Gasteiger partial charge is 0.0931 e. The maximum absolute atomic E-state index is 4.36. The molecular weight excluding hydrogens is 314 g/mol. The number of aromatic amines is 1. The third-order valence-corrected chi connectivity index (χ3v) is 4.91. The van der Waals surface area contributed by atoms with E-state index in [9.17, 15) is 0 Å². The average Bonchev–Trinajstić information content (AvgIpc) is 3.23. The summed E-state index contributed by atoms with van der Waals surface area (Å²) in [5.74, 6) is 1.10. The van der Waals surface area contributed by atoms with Crippen LogP contribution in [0, 0.1) is 0 Å². The summed E-state index contributed by atoms with van der Waals surface area (Å²) in [5.41, 5.74) is 7.99. The zero-order chi connectivity index (χ0) is 17.1. The first-order chi connectivity index (χ1) is 11.6. The van der Waals surface area contributed by atoms with E-state index in [1.807, 2.05) is 11.6 Å². The molecule has 0 bridgehead atoms. The summed E-state index contributed by atoms with van der Waals surface area (Å²) in [6.07, 6.45) is 1.75. The summed E-state index contributed by atoms with van der Waals surface area (Å²) in [7, 11) is 0. The van der Waals surface area contributed by atoms with E-state index in [4.69, 9.17) is 0 Å². The molecule has 0 atom stereocenters. The summed E-state index contributed by atoms with van der Waals surface area (Å²) in [6, 6.07) is 12.6. The highest BCUT2D eigenvalue weighted by Gasteiger charge is 2.06. The van der Waals surface area contributed by atoms with Crippen molar-refractivity contribution in [1.82, 2.24) is 15.0 Å². The van der Waals surface area contributed by atoms with Gasteiger partial charge < -0.3 is 4.98 Å². The third kappa shape index (κ3) is 3.34. The molecule has 3 nitrogen and oxygen atoms in total. The lowest BCUT2D eigenvalue weighted by molar-refractivity contribution is 0.873. The van der Waals surface area contributed by atoms with Crippen molar-refractivity contribution in [2.75, 3.05) is 0 Å². The molecule has 0 aliphatic rings. The lowest BCUT2D eigenvalue weighted by atomic mass is 10.0. The highest BCUT2D eigenvalue weighted by molar-refractivity contribution is 7.16. The molecule has 124 valence electrons. The molecule has 24 heavy (non-hydrogen) atoms. The zero-order valence-corrected chi connectivity index (χ0v) is 15.4. The van der Waals surface area contributed by atoms with Crippen molar-refractivity contribution in [1.29, 1.82) is 0 Å². The van der Waals surface area contributed by atoms with Crippen LogP contribution in [0.1, 0.15) is 50.7 Å². The second-order valence-electron chi connectivity index (χ2n) is 6.50. The topological polar surface area (TPSA) is 41.6 Å². The van der Waals surface area contributed by atoms with Crippen molar-refractivity contribution in [3.05, 3.63) is 59.4 Å². The van der Waals surface area contributed by atoms with Gasteiger partial charge in [0.25, 0.3) is 0 Å². The van der Waals surface area contributed by atoms with Crippen molar-refractivity contribution in [2.24, 2.45) is 0 Å². The lowest BCUT2D eigenvalue weighted by Crippen LogP contribution is -1.88. The Kier molecular flexibility index (Phi) is 4.95. The van der Waals surface area contributed by atoms with Crippen LogP contribution in [-0.2, 0) is 0 Å². The van der Waals surface area contributed by atoms with E-state index in [1.54, 1.807) is 17.7 Å². The molecule has 0 fully saturated rings. The summed E-state index contributed by atoms with van der Waals surface area (Å²) in [6.45, 7) is 8.77. The molecule has 0 spiro atoms. The minimum absolute atomic E-state index is 0.539. The fourth-order valence-electron chi connectivity index (χ4n) is 2.83. The van der Waals surface area contributed by atoms with E-state index in [2.05, 4.69) is 73.0 Å². The first-order valence-corrected chi connectivity index (χ1v) is 9.20. The Morgan fingerprint density at radius 3 is 2.21 bits per heavy atom. The molecule has 0 unspecified atom stereocenters. The highest BCUT2D eigenvalue weighted by Crippen LogP contribution is 2.26. The number of H-pyrrole nitrogens is 1. The van der Waals surface area contributed by atoms with Gasteiger partial charge >= 0.3 is 0 Å². The Morgan fingerprint density at radius 2 is 1.50 bits per heavy atom. The molecule has 4 aromatic rings. The van der Waals surface area contributed by atoms with E-state index >= 15 is 0 Å². The molecule has 2 heterocycles. The molecule has 0 aliphatic carbocycles. The van der Waals surface area contributed by atoms with Gasteiger partial charge in [-0.25, -0.2) is 9.97 Å². The van der Waals surface area contributed by atoms with Crippen LogP contribution in [0.2, 0.25) is 0 Å².